The van der Waals surface area contributed by atoms with Gasteiger partial charge in [-0.1, -0.05) is 6.92 Å². The molecular weight excluding hydrogens is 214 g/mol. The van der Waals surface area contributed by atoms with E-state index in [2.05, 4.69) is 5.32 Å². The van der Waals surface area contributed by atoms with Crippen LogP contribution >= 0.6 is 0 Å². The van der Waals surface area contributed by atoms with E-state index in [4.69, 9.17) is 14.9 Å². The third kappa shape index (κ3) is 3.18. The molecule has 0 saturated carbocycles. The number of nitrogens with one attached hydrogen (secondary N) is 1. The average Bonchev–Trinajstić information content (AvgIpc) is 2.74. The van der Waals surface area contributed by atoms with E-state index in [1.807, 2.05) is 6.92 Å². The molecule has 3 atom stereocenters. The van der Waals surface area contributed by atoms with Gasteiger partial charge in [-0.05, 0) is 19.3 Å². The van der Waals surface area contributed by atoms with Crippen molar-refractivity contribution in [1.82, 2.24) is 5.32 Å². The molecule has 1 unspecified atom stereocenters. The molecule has 1 aliphatic rings. The van der Waals surface area contributed by atoms with Crippen molar-refractivity contribution in [3.63, 3.8) is 0 Å². The van der Waals surface area contributed by atoms with Crippen molar-refractivity contribution in [3.05, 3.63) is 0 Å². The molecule has 0 aromatic carbocycles. The van der Waals surface area contributed by atoms with Crippen molar-refractivity contribution in [2.75, 3.05) is 6.61 Å². The van der Waals surface area contributed by atoms with Crippen LogP contribution in [0, 0.1) is 0 Å². The van der Waals surface area contributed by atoms with E-state index in [-0.39, 0.29) is 18.6 Å². The van der Waals surface area contributed by atoms with Crippen molar-refractivity contribution >= 4 is 11.9 Å². The molecular formula is C10H17NO5. The van der Waals surface area contributed by atoms with Crippen LogP contribution in [0.1, 0.15) is 26.2 Å². The lowest BCUT2D eigenvalue weighted by Crippen LogP contribution is -2.43. The maximum Gasteiger partial charge on any atom is 0.332 e. The van der Waals surface area contributed by atoms with Gasteiger partial charge < -0.3 is 20.3 Å². The maximum absolute atomic E-state index is 11.6. The maximum atomic E-state index is 11.6. The van der Waals surface area contributed by atoms with Gasteiger partial charge in [0.05, 0.1) is 12.6 Å². The molecule has 92 valence electrons. The topological polar surface area (TPSA) is 95.9 Å². The van der Waals surface area contributed by atoms with Gasteiger partial charge in [-0.25, -0.2) is 4.79 Å². The molecule has 0 spiro atoms. The van der Waals surface area contributed by atoms with E-state index < -0.39 is 18.2 Å². The number of hydrogen-bond acceptors (Lipinski definition) is 4. The van der Waals surface area contributed by atoms with Crippen LogP contribution in [0.4, 0.5) is 0 Å². The zero-order valence-electron chi connectivity index (χ0n) is 9.18. The van der Waals surface area contributed by atoms with Crippen LogP contribution in [0.25, 0.3) is 0 Å². The number of ether oxygens (including phenoxy) is 1. The van der Waals surface area contributed by atoms with Crippen LogP contribution in [0.15, 0.2) is 0 Å². The van der Waals surface area contributed by atoms with E-state index in [1.165, 1.54) is 0 Å². The lowest BCUT2D eigenvalue weighted by molar-refractivity contribution is -0.152. The molecule has 0 radical (unpaired) electrons. The van der Waals surface area contributed by atoms with Gasteiger partial charge in [-0.2, -0.15) is 0 Å². The third-order valence-corrected chi connectivity index (χ3v) is 2.65. The van der Waals surface area contributed by atoms with Gasteiger partial charge in [0.2, 0.25) is 5.91 Å². The number of aliphatic carboxylic acids is 1. The quantitative estimate of drug-likeness (QED) is 0.593. The summed E-state index contributed by atoms with van der Waals surface area (Å²) >= 11 is 0. The molecule has 6 heteroatoms. The summed E-state index contributed by atoms with van der Waals surface area (Å²) in [6.07, 6.45) is -0.211. The summed E-state index contributed by atoms with van der Waals surface area (Å²) in [6, 6.07) is -0.292. The van der Waals surface area contributed by atoms with Crippen LogP contribution in [0.3, 0.4) is 0 Å². The smallest absolute Gasteiger partial charge is 0.332 e. The van der Waals surface area contributed by atoms with Gasteiger partial charge in [0, 0.05) is 0 Å². The summed E-state index contributed by atoms with van der Waals surface area (Å²) in [5.74, 6) is -1.38. The van der Waals surface area contributed by atoms with E-state index in [9.17, 15) is 9.59 Å². The lowest BCUT2D eigenvalue weighted by atomic mass is 10.1. The standard InChI is InChI=1S/C10H17NO5/c1-2-6(5-12)11-9(13)7-3-4-8(16-7)10(14)15/h6-8,12H,2-5H2,1H3,(H,11,13)(H,14,15)/t6?,7-,8+/m0/s1. The SMILES string of the molecule is CCC(CO)NC(=O)[C@@H]1CC[C@H](C(=O)O)O1. The number of hydrogen-bond donors (Lipinski definition) is 3. The second-order valence-electron chi connectivity index (χ2n) is 3.83. The van der Waals surface area contributed by atoms with Gasteiger partial charge in [-0.3, -0.25) is 4.79 Å². The van der Waals surface area contributed by atoms with E-state index in [0.717, 1.165) is 0 Å². The second-order valence-corrected chi connectivity index (χ2v) is 3.83. The van der Waals surface area contributed by atoms with Crippen molar-refractivity contribution in [1.29, 1.82) is 0 Å². The lowest BCUT2D eigenvalue weighted by Gasteiger charge is -2.17. The highest BCUT2D eigenvalue weighted by atomic mass is 16.5. The van der Waals surface area contributed by atoms with Crippen LogP contribution < -0.4 is 5.32 Å². The highest BCUT2D eigenvalue weighted by Crippen LogP contribution is 2.20. The number of carbonyl (C=O) groups excluding carboxylic acids is 1. The monoisotopic (exact) mass is 231 g/mol. The molecule has 1 aliphatic heterocycles. The second kappa shape index (κ2) is 5.81. The summed E-state index contributed by atoms with van der Waals surface area (Å²) < 4.78 is 5.08. The highest BCUT2D eigenvalue weighted by Gasteiger charge is 2.35. The molecule has 1 rings (SSSR count). The molecule has 0 bridgehead atoms. The predicted octanol–water partition coefficient (Wildman–Crippen LogP) is -0.494. The Balaban J connectivity index is 2.41. The Bertz CT molecular complexity index is 264. The molecule has 1 fully saturated rings. The fourth-order valence-electron chi connectivity index (χ4n) is 1.58. The van der Waals surface area contributed by atoms with Crippen molar-refractivity contribution in [2.24, 2.45) is 0 Å². The molecule has 0 aliphatic carbocycles. The minimum Gasteiger partial charge on any atom is -0.479 e. The zero-order chi connectivity index (χ0) is 12.1. The number of rotatable bonds is 5. The highest BCUT2D eigenvalue weighted by molar-refractivity contribution is 5.82. The first kappa shape index (κ1) is 12.9. The average molecular weight is 231 g/mol. The van der Waals surface area contributed by atoms with Gasteiger partial charge in [0.15, 0.2) is 6.10 Å². The van der Waals surface area contributed by atoms with Gasteiger partial charge in [-0.15, -0.1) is 0 Å². The van der Waals surface area contributed by atoms with Gasteiger partial charge >= 0.3 is 5.97 Å². The van der Waals surface area contributed by atoms with Crippen molar-refractivity contribution in [3.8, 4) is 0 Å². The first-order valence-electron chi connectivity index (χ1n) is 5.38. The van der Waals surface area contributed by atoms with E-state index in [0.29, 0.717) is 19.3 Å². The van der Waals surface area contributed by atoms with Crippen LogP contribution in [-0.2, 0) is 14.3 Å². The zero-order valence-corrected chi connectivity index (χ0v) is 9.18. The minimum absolute atomic E-state index is 0.128. The molecule has 6 nitrogen and oxygen atoms in total. The van der Waals surface area contributed by atoms with Gasteiger partial charge in [0.25, 0.3) is 0 Å². The molecule has 1 saturated heterocycles. The fourth-order valence-corrected chi connectivity index (χ4v) is 1.58. The van der Waals surface area contributed by atoms with Crippen LogP contribution in [-0.4, -0.2) is 46.9 Å². The summed E-state index contributed by atoms with van der Waals surface area (Å²) in [5, 5.41) is 20.2. The largest absolute Gasteiger partial charge is 0.479 e. The number of carbonyl (C=O) groups is 2. The first-order chi connectivity index (χ1) is 7.58. The molecule has 1 amide bonds. The Morgan fingerprint density at radius 3 is 2.50 bits per heavy atom. The van der Waals surface area contributed by atoms with Crippen LogP contribution in [0.2, 0.25) is 0 Å². The number of carboxylic acids is 1. The Morgan fingerprint density at radius 2 is 2.06 bits per heavy atom. The Kier molecular flexibility index (Phi) is 4.70. The fraction of sp³-hybridized carbons (Fsp3) is 0.800. The molecule has 16 heavy (non-hydrogen) atoms. The van der Waals surface area contributed by atoms with Crippen molar-refractivity contribution < 1.29 is 24.5 Å². The molecule has 3 N–H and O–H groups in total. The number of aliphatic hydroxyl groups is 1. The number of aliphatic hydroxyl groups excluding tert-OH is 1. The van der Waals surface area contributed by atoms with Crippen LogP contribution in [0.5, 0.6) is 0 Å². The summed E-state index contributed by atoms with van der Waals surface area (Å²) in [7, 11) is 0. The Morgan fingerprint density at radius 1 is 1.44 bits per heavy atom. The number of carboxylic acid groups (broad SMARTS) is 1. The van der Waals surface area contributed by atoms with E-state index >= 15 is 0 Å². The third-order valence-electron chi connectivity index (χ3n) is 2.65. The first-order valence-corrected chi connectivity index (χ1v) is 5.38. The molecule has 0 aromatic heterocycles. The summed E-state index contributed by atoms with van der Waals surface area (Å²) in [6.45, 7) is 1.72. The number of amides is 1. The summed E-state index contributed by atoms with van der Waals surface area (Å²) in [5.41, 5.74) is 0. The van der Waals surface area contributed by atoms with Crippen molar-refractivity contribution in [2.45, 2.75) is 44.4 Å². The Labute approximate surface area is 93.6 Å². The Hall–Kier alpha value is -1.14. The molecule has 1 heterocycles. The summed E-state index contributed by atoms with van der Waals surface area (Å²) in [4.78, 5) is 22.2. The van der Waals surface area contributed by atoms with Gasteiger partial charge in [0.1, 0.15) is 6.10 Å². The van der Waals surface area contributed by atoms with E-state index in [1.54, 1.807) is 0 Å². The minimum atomic E-state index is -1.04. The predicted molar refractivity (Wildman–Crippen MR) is 54.8 cm³/mol. The normalized spacial score (nSPS) is 26.4. The molecule has 0 aromatic rings.